The van der Waals surface area contributed by atoms with E-state index < -0.39 is 11.9 Å². The summed E-state index contributed by atoms with van der Waals surface area (Å²) in [6, 6.07) is 4.03. The van der Waals surface area contributed by atoms with E-state index in [0.717, 1.165) is 59.6 Å². The highest BCUT2D eigenvalue weighted by Crippen LogP contribution is 2.38. The summed E-state index contributed by atoms with van der Waals surface area (Å²) in [5.74, 6) is 0. The second kappa shape index (κ2) is 9.06. The van der Waals surface area contributed by atoms with Crippen LogP contribution in [0, 0.1) is 20.8 Å². The van der Waals surface area contributed by atoms with Gasteiger partial charge < -0.3 is 5.32 Å². The maximum atomic E-state index is 13.5. The van der Waals surface area contributed by atoms with Crippen molar-refractivity contribution in [3.63, 3.8) is 0 Å². The van der Waals surface area contributed by atoms with Crippen molar-refractivity contribution >= 4 is 22.2 Å². The van der Waals surface area contributed by atoms with E-state index in [2.05, 4.69) is 15.2 Å². The third kappa shape index (κ3) is 5.69. The van der Waals surface area contributed by atoms with E-state index in [0.29, 0.717) is 5.13 Å². The zero-order valence-electron chi connectivity index (χ0n) is 16.6. The van der Waals surface area contributed by atoms with Gasteiger partial charge >= 0.3 is 6.18 Å². The van der Waals surface area contributed by atoms with Gasteiger partial charge in [-0.1, -0.05) is 42.9 Å². The monoisotopic (exact) mass is 399 g/mol. The quantitative estimate of drug-likeness (QED) is 0.553. The number of hydrogen-bond donors (Lipinski definition) is 1. The van der Waals surface area contributed by atoms with Gasteiger partial charge in [-0.3, -0.25) is 4.90 Å². The number of thiazole rings is 1. The molecular weight excluding hydrogens is 371 g/mol. The number of aromatic nitrogens is 1. The van der Waals surface area contributed by atoms with Crippen LogP contribution in [-0.4, -0.2) is 23.0 Å². The molecule has 0 unspecified atom stereocenters. The van der Waals surface area contributed by atoms with Gasteiger partial charge in [0.25, 0.3) is 0 Å². The molecule has 0 saturated heterocycles. The highest BCUT2D eigenvalue weighted by atomic mass is 32.1. The smallest absolute Gasteiger partial charge is 0.331 e. The number of nitrogens with zero attached hydrogens (tertiary/aromatic N) is 2. The van der Waals surface area contributed by atoms with Gasteiger partial charge in [-0.25, -0.2) is 4.98 Å². The predicted molar refractivity (Wildman–Crippen MR) is 107 cm³/mol. The van der Waals surface area contributed by atoms with Crippen molar-refractivity contribution in [2.45, 2.75) is 60.2 Å². The van der Waals surface area contributed by atoms with Crippen LogP contribution < -0.4 is 5.32 Å². The maximum Gasteiger partial charge on any atom is 0.434 e. The fourth-order valence-corrected chi connectivity index (χ4v) is 4.35. The Bertz CT molecular complexity index is 739. The SMILES string of the molecule is CCCN(CCC)Cc1sc(Nc2c(C)cc(C)cc2C)nc1C(F)(F)F. The Balaban J connectivity index is 2.35. The van der Waals surface area contributed by atoms with Crippen LogP contribution in [0.15, 0.2) is 12.1 Å². The number of anilines is 2. The van der Waals surface area contributed by atoms with Crippen LogP contribution in [0.4, 0.5) is 24.0 Å². The molecule has 2 rings (SSSR count). The first-order chi connectivity index (χ1) is 12.7. The number of hydrogen-bond acceptors (Lipinski definition) is 4. The Morgan fingerprint density at radius 2 is 1.59 bits per heavy atom. The number of rotatable bonds is 8. The fourth-order valence-electron chi connectivity index (χ4n) is 3.32. The molecule has 7 heteroatoms. The molecule has 1 heterocycles. The van der Waals surface area contributed by atoms with Crippen molar-refractivity contribution in [3.8, 4) is 0 Å². The fraction of sp³-hybridized carbons (Fsp3) is 0.550. The molecular formula is C20H28F3N3S. The molecule has 3 nitrogen and oxygen atoms in total. The number of benzene rings is 1. The summed E-state index contributed by atoms with van der Waals surface area (Å²) in [4.78, 5) is 6.25. The van der Waals surface area contributed by atoms with Crippen molar-refractivity contribution < 1.29 is 13.2 Å². The molecule has 27 heavy (non-hydrogen) atoms. The van der Waals surface area contributed by atoms with Crippen LogP contribution in [0.5, 0.6) is 0 Å². The number of halogens is 3. The standard InChI is InChI=1S/C20H28F3N3S/c1-6-8-26(9-7-2)12-16-18(20(21,22)23)25-19(27-16)24-17-14(4)10-13(3)11-15(17)5/h10-11H,6-9,12H2,1-5H3,(H,24,25). The number of alkyl halides is 3. The topological polar surface area (TPSA) is 28.2 Å². The van der Waals surface area contributed by atoms with Gasteiger partial charge in [0.15, 0.2) is 10.8 Å². The van der Waals surface area contributed by atoms with E-state index in [1.165, 1.54) is 0 Å². The summed E-state index contributed by atoms with van der Waals surface area (Å²) in [5.41, 5.74) is 3.18. The first-order valence-corrected chi connectivity index (χ1v) is 10.1. The molecule has 0 radical (unpaired) electrons. The Morgan fingerprint density at radius 3 is 2.07 bits per heavy atom. The Hall–Kier alpha value is -1.60. The molecule has 1 aromatic heterocycles. The van der Waals surface area contributed by atoms with Gasteiger partial charge in [0.2, 0.25) is 0 Å². The summed E-state index contributed by atoms with van der Waals surface area (Å²) in [6.45, 7) is 11.8. The van der Waals surface area contributed by atoms with Crippen LogP contribution in [0.3, 0.4) is 0 Å². The van der Waals surface area contributed by atoms with Gasteiger partial charge in [-0.05, 0) is 57.8 Å². The number of nitrogens with one attached hydrogen (secondary N) is 1. The van der Waals surface area contributed by atoms with E-state index >= 15 is 0 Å². The maximum absolute atomic E-state index is 13.5. The summed E-state index contributed by atoms with van der Waals surface area (Å²) >= 11 is 1.10. The highest BCUT2D eigenvalue weighted by Gasteiger charge is 2.38. The molecule has 0 aliphatic heterocycles. The molecule has 0 aliphatic carbocycles. The largest absolute Gasteiger partial charge is 0.434 e. The zero-order chi connectivity index (χ0) is 20.2. The third-order valence-electron chi connectivity index (χ3n) is 4.32. The van der Waals surface area contributed by atoms with E-state index in [9.17, 15) is 13.2 Å². The summed E-state index contributed by atoms with van der Waals surface area (Å²) in [7, 11) is 0. The Labute approximate surface area is 163 Å². The van der Waals surface area contributed by atoms with Crippen LogP contribution in [0.25, 0.3) is 0 Å². The summed E-state index contributed by atoms with van der Waals surface area (Å²) in [5, 5.41) is 3.42. The van der Waals surface area contributed by atoms with E-state index in [-0.39, 0.29) is 11.4 Å². The highest BCUT2D eigenvalue weighted by molar-refractivity contribution is 7.15. The minimum atomic E-state index is -4.45. The lowest BCUT2D eigenvalue weighted by Gasteiger charge is -2.20. The summed E-state index contributed by atoms with van der Waals surface area (Å²) < 4.78 is 40.6. The van der Waals surface area contributed by atoms with Gasteiger partial charge in [-0.2, -0.15) is 13.2 Å². The first kappa shape index (κ1) is 21.7. The van der Waals surface area contributed by atoms with Crippen molar-refractivity contribution in [1.29, 1.82) is 0 Å². The van der Waals surface area contributed by atoms with Crippen LogP contribution in [-0.2, 0) is 12.7 Å². The number of aryl methyl sites for hydroxylation is 3. The predicted octanol–water partition coefficient (Wildman–Crippen LogP) is 6.45. The van der Waals surface area contributed by atoms with Crippen molar-refractivity contribution in [2.75, 3.05) is 18.4 Å². The van der Waals surface area contributed by atoms with Gasteiger partial charge in [0.05, 0.1) is 4.88 Å². The normalized spacial score (nSPS) is 12.0. The average molecular weight is 400 g/mol. The van der Waals surface area contributed by atoms with Gasteiger partial charge in [0.1, 0.15) is 0 Å². The van der Waals surface area contributed by atoms with E-state index in [1.54, 1.807) is 0 Å². The zero-order valence-corrected chi connectivity index (χ0v) is 17.4. The molecule has 150 valence electrons. The lowest BCUT2D eigenvalue weighted by atomic mass is 10.1. The third-order valence-corrected chi connectivity index (χ3v) is 5.28. The van der Waals surface area contributed by atoms with Crippen LogP contribution in [0.2, 0.25) is 0 Å². The molecule has 2 aromatic rings. The van der Waals surface area contributed by atoms with Crippen molar-refractivity contribution in [2.24, 2.45) is 0 Å². The minimum Gasteiger partial charge on any atom is -0.331 e. The molecule has 0 saturated carbocycles. The Kier molecular flexibility index (Phi) is 7.28. The molecule has 0 aliphatic rings. The summed E-state index contributed by atoms with van der Waals surface area (Å²) in [6.07, 6.45) is -2.63. The van der Waals surface area contributed by atoms with E-state index in [1.807, 2.05) is 46.8 Å². The molecule has 0 atom stereocenters. The molecule has 1 aromatic carbocycles. The molecule has 1 N–H and O–H groups in total. The lowest BCUT2D eigenvalue weighted by molar-refractivity contribution is -0.141. The Morgan fingerprint density at radius 1 is 1.04 bits per heavy atom. The second-order valence-electron chi connectivity index (χ2n) is 6.96. The molecule has 0 bridgehead atoms. The van der Waals surface area contributed by atoms with Crippen molar-refractivity contribution in [3.05, 3.63) is 39.4 Å². The molecule has 0 spiro atoms. The minimum absolute atomic E-state index is 0.273. The van der Waals surface area contributed by atoms with Crippen molar-refractivity contribution in [1.82, 2.24) is 9.88 Å². The molecule has 0 fully saturated rings. The first-order valence-electron chi connectivity index (χ1n) is 9.29. The second-order valence-corrected chi connectivity index (χ2v) is 8.05. The lowest BCUT2D eigenvalue weighted by Crippen LogP contribution is -2.25. The van der Waals surface area contributed by atoms with Crippen LogP contribution in [0.1, 0.15) is 54.0 Å². The van der Waals surface area contributed by atoms with Gasteiger partial charge in [-0.15, -0.1) is 0 Å². The average Bonchev–Trinajstić information content (AvgIpc) is 2.94. The van der Waals surface area contributed by atoms with Gasteiger partial charge in [0, 0.05) is 12.2 Å². The van der Waals surface area contributed by atoms with E-state index in [4.69, 9.17) is 0 Å². The van der Waals surface area contributed by atoms with Crippen LogP contribution >= 0.6 is 11.3 Å². The molecule has 0 amide bonds.